The fourth-order valence-electron chi connectivity index (χ4n) is 2.43. The Morgan fingerprint density at radius 2 is 2.05 bits per heavy atom. The van der Waals surface area contributed by atoms with Crippen molar-refractivity contribution in [2.45, 2.75) is 32.7 Å². The van der Waals surface area contributed by atoms with Crippen LogP contribution in [0.4, 0.5) is 0 Å². The maximum absolute atomic E-state index is 5.64. The molecule has 21 heavy (non-hydrogen) atoms. The Morgan fingerprint density at radius 3 is 2.81 bits per heavy atom. The van der Waals surface area contributed by atoms with Gasteiger partial charge >= 0.3 is 0 Å². The van der Waals surface area contributed by atoms with Crippen LogP contribution in [0.1, 0.15) is 13.8 Å². The van der Waals surface area contributed by atoms with E-state index < -0.39 is 0 Å². The fraction of sp³-hybridized carbons (Fsp3) is 0.467. The first kappa shape index (κ1) is 14.4. The van der Waals surface area contributed by atoms with Crippen molar-refractivity contribution in [1.29, 1.82) is 0 Å². The van der Waals surface area contributed by atoms with Crippen molar-refractivity contribution in [3.05, 3.63) is 35.2 Å². The standard InChI is InChI=1S/C15H19N3O2S/c1-11-9-19-12(2)8-17(11)10-18-15(21)20-14(16-18)13-6-4-3-5-7-13/h3-7,11-12H,8-10H2,1-2H3. The van der Waals surface area contributed by atoms with Crippen LogP contribution in [0.2, 0.25) is 0 Å². The lowest BCUT2D eigenvalue weighted by molar-refractivity contribution is -0.0626. The van der Waals surface area contributed by atoms with Gasteiger partial charge in [0.2, 0.25) is 5.89 Å². The molecule has 0 bridgehead atoms. The molecule has 2 aromatic rings. The van der Waals surface area contributed by atoms with Crippen LogP contribution in [0.15, 0.2) is 34.7 Å². The molecule has 2 unspecified atom stereocenters. The first-order valence-corrected chi connectivity index (χ1v) is 7.53. The topological polar surface area (TPSA) is 43.4 Å². The molecule has 0 aliphatic carbocycles. The number of nitrogens with zero attached hydrogens (tertiary/aromatic N) is 3. The molecule has 6 heteroatoms. The highest BCUT2D eigenvalue weighted by Gasteiger charge is 2.24. The average molecular weight is 305 g/mol. The number of rotatable bonds is 3. The summed E-state index contributed by atoms with van der Waals surface area (Å²) in [6.45, 7) is 6.46. The molecule has 1 aromatic heterocycles. The van der Waals surface area contributed by atoms with Gasteiger partial charge in [-0.2, -0.15) is 0 Å². The third kappa shape index (κ3) is 3.23. The molecule has 1 aliphatic heterocycles. The first-order valence-electron chi connectivity index (χ1n) is 7.12. The van der Waals surface area contributed by atoms with Crippen LogP contribution in [0, 0.1) is 4.84 Å². The second-order valence-electron chi connectivity index (χ2n) is 5.44. The Hall–Kier alpha value is -1.50. The number of benzene rings is 1. The Bertz CT molecular complexity index is 652. The minimum Gasteiger partial charge on any atom is -0.409 e. The molecule has 1 aliphatic rings. The summed E-state index contributed by atoms with van der Waals surface area (Å²) in [5, 5.41) is 4.50. The van der Waals surface area contributed by atoms with E-state index in [4.69, 9.17) is 21.4 Å². The zero-order valence-corrected chi connectivity index (χ0v) is 13.0. The largest absolute Gasteiger partial charge is 0.409 e. The van der Waals surface area contributed by atoms with E-state index in [1.165, 1.54) is 0 Å². The van der Waals surface area contributed by atoms with Gasteiger partial charge in [-0.15, -0.1) is 5.10 Å². The second kappa shape index (κ2) is 6.09. The van der Waals surface area contributed by atoms with Crippen molar-refractivity contribution in [1.82, 2.24) is 14.7 Å². The molecule has 2 atom stereocenters. The summed E-state index contributed by atoms with van der Waals surface area (Å²) < 4.78 is 13.0. The van der Waals surface area contributed by atoms with E-state index in [0.717, 1.165) is 18.7 Å². The van der Waals surface area contributed by atoms with Crippen LogP contribution in [0.3, 0.4) is 0 Å². The van der Waals surface area contributed by atoms with Crippen molar-refractivity contribution in [3.8, 4) is 11.5 Å². The van der Waals surface area contributed by atoms with Gasteiger partial charge in [0.1, 0.15) is 0 Å². The molecule has 0 amide bonds. The van der Waals surface area contributed by atoms with Gasteiger partial charge in [0.15, 0.2) is 0 Å². The quantitative estimate of drug-likeness (QED) is 0.816. The van der Waals surface area contributed by atoms with Gasteiger partial charge in [-0.3, -0.25) is 4.90 Å². The number of hydrogen-bond donors (Lipinski definition) is 0. The van der Waals surface area contributed by atoms with Gasteiger partial charge < -0.3 is 9.15 Å². The van der Waals surface area contributed by atoms with Crippen molar-refractivity contribution in [2.24, 2.45) is 0 Å². The van der Waals surface area contributed by atoms with E-state index >= 15 is 0 Å². The minimum absolute atomic E-state index is 0.232. The van der Waals surface area contributed by atoms with E-state index in [1.54, 1.807) is 4.68 Å². The molecule has 0 N–H and O–H groups in total. The van der Waals surface area contributed by atoms with Gasteiger partial charge in [-0.25, -0.2) is 4.68 Å². The highest BCUT2D eigenvalue weighted by molar-refractivity contribution is 7.71. The summed E-state index contributed by atoms with van der Waals surface area (Å²) in [5.74, 6) is 0.564. The van der Waals surface area contributed by atoms with Crippen molar-refractivity contribution < 1.29 is 9.15 Å². The van der Waals surface area contributed by atoms with E-state index in [2.05, 4.69) is 23.8 Å². The molecule has 0 saturated carbocycles. The Labute approximate surface area is 129 Å². The van der Waals surface area contributed by atoms with Crippen LogP contribution >= 0.6 is 12.2 Å². The summed E-state index contributed by atoms with van der Waals surface area (Å²) in [7, 11) is 0. The molecular formula is C15H19N3O2S. The number of morpholine rings is 1. The molecule has 1 aromatic carbocycles. The normalized spacial score (nSPS) is 23.3. The molecule has 0 spiro atoms. The van der Waals surface area contributed by atoms with Gasteiger partial charge in [-0.1, -0.05) is 18.2 Å². The SMILES string of the molecule is CC1CN(Cn2nc(-c3ccccc3)oc2=S)C(C)CO1. The Morgan fingerprint density at radius 1 is 1.29 bits per heavy atom. The maximum Gasteiger partial charge on any atom is 0.288 e. The number of ether oxygens (including phenoxy) is 1. The third-order valence-corrected chi connectivity index (χ3v) is 3.97. The lowest BCUT2D eigenvalue weighted by atomic mass is 10.2. The maximum atomic E-state index is 5.64. The van der Waals surface area contributed by atoms with Crippen LogP contribution in [0.5, 0.6) is 0 Å². The van der Waals surface area contributed by atoms with Crippen LogP contribution in [0.25, 0.3) is 11.5 Å². The lowest BCUT2D eigenvalue weighted by Gasteiger charge is -2.36. The predicted molar refractivity (Wildman–Crippen MR) is 82.3 cm³/mol. The van der Waals surface area contributed by atoms with E-state index in [0.29, 0.717) is 23.4 Å². The Kier molecular flexibility index (Phi) is 4.19. The Balaban J connectivity index is 1.80. The molecule has 112 valence electrons. The molecular weight excluding hydrogens is 286 g/mol. The number of aromatic nitrogens is 2. The molecule has 2 heterocycles. The fourth-order valence-corrected chi connectivity index (χ4v) is 2.61. The summed E-state index contributed by atoms with van der Waals surface area (Å²) in [6, 6.07) is 10.2. The number of hydrogen-bond acceptors (Lipinski definition) is 5. The third-order valence-electron chi connectivity index (χ3n) is 3.68. The molecule has 1 fully saturated rings. The lowest BCUT2D eigenvalue weighted by Crippen LogP contribution is -2.47. The first-order chi connectivity index (χ1) is 10.1. The van der Waals surface area contributed by atoms with Crippen LogP contribution in [-0.2, 0) is 11.4 Å². The van der Waals surface area contributed by atoms with Gasteiger partial charge in [-0.05, 0) is 38.2 Å². The van der Waals surface area contributed by atoms with Gasteiger partial charge in [0, 0.05) is 18.2 Å². The smallest absolute Gasteiger partial charge is 0.288 e. The van der Waals surface area contributed by atoms with Gasteiger partial charge in [0.05, 0.1) is 19.4 Å². The summed E-state index contributed by atoms with van der Waals surface area (Å²) in [6.07, 6.45) is 0.232. The summed E-state index contributed by atoms with van der Waals surface area (Å²) >= 11 is 5.29. The van der Waals surface area contributed by atoms with Crippen molar-refractivity contribution in [3.63, 3.8) is 0 Å². The van der Waals surface area contributed by atoms with Gasteiger partial charge in [0.25, 0.3) is 4.84 Å². The monoisotopic (exact) mass is 305 g/mol. The van der Waals surface area contributed by atoms with Crippen molar-refractivity contribution >= 4 is 12.2 Å². The highest BCUT2D eigenvalue weighted by atomic mass is 32.1. The van der Waals surface area contributed by atoms with Crippen LogP contribution in [-0.4, -0.2) is 40.0 Å². The van der Waals surface area contributed by atoms with Crippen LogP contribution < -0.4 is 0 Å². The molecule has 3 rings (SSSR count). The summed E-state index contributed by atoms with van der Waals surface area (Å²) in [4.78, 5) is 2.71. The van der Waals surface area contributed by atoms with Crippen molar-refractivity contribution in [2.75, 3.05) is 13.2 Å². The molecule has 0 radical (unpaired) electrons. The zero-order valence-electron chi connectivity index (χ0n) is 12.2. The highest BCUT2D eigenvalue weighted by Crippen LogP contribution is 2.18. The zero-order chi connectivity index (χ0) is 14.8. The molecule has 1 saturated heterocycles. The van der Waals surface area contributed by atoms with E-state index in [9.17, 15) is 0 Å². The second-order valence-corrected chi connectivity index (χ2v) is 5.79. The molecule has 5 nitrogen and oxygen atoms in total. The van der Waals surface area contributed by atoms with E-state index in [-0.39, 0.29) is 6.10 Å². The minimum atomic E-state index is 0.232. The average Bonchev–Trinajstić information content (AvgIpc) is 2.85. The van der Waals surface area contributed by atoms with E-state index in [1.807, 2.05) is 30.3 Å². The predicted octanol–water partition coefficient (Wildman–Crippen LogP) is 2.94. The summed E-state index contributed by atoms with van der Waals surface area (Å²) in [5.41, 5.74) is 0.936.